The van der Waals surface area contributed by atoms with E-state index in [4.69, 9.17) is 19.9 Å². The second-order valence-electron chi connectivity index (χ2n) is 12.4. The van der Waals surface area contributed by atoms with E-state index in [1.165, 1.54) is 0 Å². The van der Waals surface area contributed by atoms with Crippen LogP contribution >= 0.6 is 0 Å². The van der Waals surface area contributed by atoms with Gasteiger partial charge in [-0.2, -0.15) is 0 Å². The molecule has 12 rings (SSSR count). The van der Waals surface area contributed by atoms with E-state index in [0.717, 1.165) is 110 Å². The van der Waals surface area contributed by atoms with Crippen LogP contribution in [0.4, 0.5) is 0 Å². The van der Waals surface area contributed by atoms with E-state index >= 15 is 0 Å². The van der Waals surface area contributed by atoms with E-state index < -0.39 is 0 Å². The van der Waals surface area contributed by atoms with Gasteiger partial charge >= 0.3 is 0 Å². The number of hydrogen-bond donors (Lipinski definition) is 0. The van der Waals surface area contributed by atoms with Gasteiger partial charge in [0.15, 0.2) is 0 Å². The molecule has 0 aliphatic rings. The summed E-state index contributed by atoms with van der Waals surface area (Å²) < 4.78 is 4.70. The second kappa shape index (κ2) is 8.51. The highest BCUT2D eigenvalue weighted by Gasteiger charge is 2.29. The van der Waals surface area contributed by atoms with Crippen molar-refractivity contribution in [3.8, 4) is 22.5 Å². The van der Waals surface area contributed by atoms with Crippen molar-refractivity contribution < 1.29 is 0 Å². The Hall–Kier alpha value is -6.80. The Labute approximate surface area is 270 Å². The third-order valence-corrected chi connectivity index (χ3v) is 10.0. The molecule has 8 nitrogen and oxygen atoms in total. The molecule has 220 valence electrons. The summed E-state index contributed by atoms with van der Waals surface area (Å²) in [6.45, 7) is 0. The molecule has 9 aromatic heterocycles. The fraction of sp³-hybridized carbons (Fsp3) is 0. The number of para-hydroxylation sites is 2. The number of nitrogens with zero attached hydrogens (tertiary/aromatic N) is 8. The number of pyridine rings is 4. The molecule has 0 saturated carbocycles. The summed E-state index contributed by atoms with van der Waals surface area (Å²) in [6.07, 6.45) is 11.0. The van der Waals surface area contributed by atoms with Gasteiger partial charge < -0.3 is 0 Å². The first kappa shape index (κ1) is 24.4. The Morgan fingerprint density at radius 3 is 1.29 bits per heavy atom. The van der Waals surface area contributed by atoms with Crippen molar-refractivity contribution in [1.29, 1.82) is 0 Å². The van der Waals surface area contributed by atoms with Gasteiger partial charge in [-0.25, -0.2) is 19.9 Å². The number of aromatic nitrogens is 8. The summed E-state index contributed by atoms with van der Waals surface area (Å²) in [7, 11) is 0. The van der Waals surface area contributed by atoms with E-state index in [2.05, 4.69) is 67.3 Å². The predicted octanol–water partition coefficient (Wildman–Crippen LogP) is 8.84. The van der Waals surface area contributed by atoms with Gasteiger partial charge in [0, 0.05) is 91.4 Å². The Kier molecular flexibility index (Phi) is 4.33. The average molecular weight is 613 g/mol. The van der Waals surface area contributed by atoms with Crippen molar-refractivity contribution in [2.24, 2.45) is 0 Å². The third kappa shape index (κ3) is 2.79. The molecule has 0 radical (unpaired) electrons. The van der Waals surface area contributed by atoms with Crippen LogP contribution in [-0.4, -0.2) is 38.7 Å². The summed E-state index contributed by atoms with van der Waals surface area (Å²) >= 11 is 0. The molecule has 0 saturated heterocycles. The molecule has 0 aliphatic heterocycles. The van der Waals surface area contributed by atoms with Crippen molar-refractivity contribution in [3.05, 3.63) is 122 Å². The summed E-state index contributed by atoms with van der Waals surface area (Å²) in [5, 5.41) is 8.90. The van der Waals surface area contributed by atoms with Gasteiger partial charge in [0.1, 0.15) is 22.3 Å². The molecule has 9 heterocycles. The SMILES string of the molecule is c1cncc(-c2nc3c(nc2-c2cccnc2)c2c4cccc5c6cccnc6n(c54)c2c2c3c3cccc4c5cccnc5n2c43)c1. The van der Waals surface area contributed by atoms with Crippen molar-refractivity contribution >= 4 is 87.5 Å². The molecule has 48 heavy (non-hydrogen) atoms. The molecule has 12 aromatic rings. The van der Waals surface area contributed by atoms with Crippen LogP contribution in [0.1, 0.15) is 0 Å². The normalized spacial score (nSPS) is 12.6. The summed E-state index contributed by atoms with van der Waals surface area (Å²) in [5.41, 5.74) is 11.2. The van der Waals surface area contributed by atoms with E-state index in [0.29, 0.717) is 0 Å². The van der Waals surface area contributed by atoms with Gasteiger partial charge in [-0.15, -0.1) is 0 Å². The molecule has 8 heteroatoms. The Balaban J connectivity index is 1.45. The molecular formula is C40H20N8. The molecule has 0 aliphatic carbocycles. The Morgan fingerprint density at radius 1 is 0.396 bits per heavy atom. The van der Waals surface area contributed by atoms with Crippen LogP contribution in [0.5, 0.6) is 0 Å². The van der Waals surface area contributed by atoms with Gasteiger partial charge in [0.2, 0.25) is 0 Å². The van der Waals surface area contributed by atoms with Gasteiger partial charge in [0.25, 0.3) is 0 Å². The quantitative estimate of drug-likeness (QED) is 0.194. The summed E-state index contributed by atoms with van der Waals surface area (Å²) in [6, 6.07) is 29.4. The van der Waals surface area contributed by atoms with Crippen molar-refractivity contribution in [3.63, 3.8) is 0 Å². The first-order valence-electron chi connectivity index (χ1n) is 15.9. The van der Waals surface area contributed by atoms with Crippen LogP contribution in [0.3, 0.4) is 0 Å². The van der Waals surface area contributed by atoms with Crippen LogP contribution in [-0.2, 0) is 0 Å². The number of hydrogen-bond acceptors (Lipinski definition) is 6. The topological polar surface area (TPSA) is 86.2 Å². The molecule has 0 amide bonds. The maximum absolute atomic E-state index is 5.59. The first-order valence-corrected chi connectivity index (χ1v) is 15.9. The van der Waals surface area contributed by atoms with E-state index in [1.807, 2.05) is 61.2 Å². The molecule has 0 bridgehead atoms. The van der Waals surface area contributed by atoms with Crippen molar-refractivity contribution in [1.82, 2.24) is 38.7 Å². The highest BCUT2D eigenvalue weighted by atomic mass is 15.0. The van der Waals surface area contributed by atoms with Gasteiger partial charge in [-0.1, -0.05) is 36.4 Å². The molecule has 0 spiro atoms. The second-order valence-corrected chi connectivity index (χ2v) is 12.4. The number of fused-ring (bicyclic) bond motifs is 16. The maximum Gasteiger partial charge on any atom is 0.145 e. The van der Waals surface area contributed by atoms with Gasteiger partial charge in [-0.05, 0) is 48.5 Å². The van der Waals surface area contributed by atoms with E-state index in [9.17, 15) is 0 Å². The lowest BCUT2D eigenvalue weighted by Gasteiger charge is -2.13. The molecular weight excluding hydrogens is 592 g/mol. The minimum absolute atomic E-state index is 0.764. The largest absolute Gasteiger partial charge is 0.290 e. The van der Waals surface area contributed by atoms with Crippen molar-refractivity contribution in [2.45, 2.75) is 0 Å². The van der Waals surface area contributed by atoms with Gasteiger partial charge in [0.05, 0.1) is 33.5 Å². The first-order chi connectivity index (χ1) is 23.9. The molecule has 0 atom stereocenters. The van der Waals surface area contributed by atoms with E-state index in [1.54, 1.807) is 12.4 Å². The van der Waals surface area contributed by atoms with Crippen LogP contribution < -0.4 is 0 Å². The zero-order valence-corrected chi connectivity index (χ0v) is 25.1. The zero-order valence-electron chi connectivity index (χ0n) is 25.1. The summed E-state index contributed by atoms with van der Waals surface area (Å²) in [4.78, 5) is 30.1. The molecule has 3 aromatic carbocycles. The number of benzene rings is 3. The Morgan fingerprint density at radius 2 is 0.833 bits per heavy atom. The van der Waals surface area contributed by atoms with Crippen LogP contribution in [0.2, 0.25) is 0 Å². The van der Waals surface area contributed by atoms with Crippen LogP contribution in [0.15, 0.2) is 122 Å². The fourth-order valence-electron chi connectivity index (χ4n) is 8.22. The third-order valence-electron chi connectivity index (χ3n) is 10.0. The lowest BCUT2D eigenvalue weighted by molar-refractivity contribution is 1.24. The molecule has 0 N–H and O–H groups in total. The van der Waals surface area contributed by atoms with Crippen molar-refractivity contribution in [2.75, 3.05) is 0 Å². The fourth-order valence-corrected chi connectivity index (χ4v) is 8.22. The minimum atomic E-state index is 0.764. The highest BCUT2D eigenvalue weighted by molar-refractivity contribution is 6.39. The zero-order chi connectivity index (χ0) is 31.1. The lowest BCUT2D eigenvalue weighted by Crippen LogP contribution is -1.98. The van der Waals surface area contributed by atoms with Gasteiger partial charge in [-0.3, -0.25) is 18.8 Å². The average Bonchev–Trinajstić information content (AvgIpc) is 3.89. The Bertz CT molecular complexity index is 3050. The smallest absolute Gasteiger partial charge is 0.145 e. The maximum atomic E-state index is 5.59. The predicted molar refractivity (Wildman–Crippen MR) is 191 cm³/mol. The standard InChI is InChI=1S/C40H20N8/c1-9-23-25-13-5-17-43-39(25)47-35(23)27(11-1)29-33-34(46-32(22-8-4-16-42-20-22)31(45-33)21-7-3-15-41-19-21)30-28-12-2-10-24-26-14-6-18-44-40(26)48(36(24)28)38(30)37(29)47/h1-20H. The van der Waals surface area contributed by atoms with Crippen LogP contribution in [0, 0.1) is 0 Å². The summed E-state index contributed by atoms with van der Waals surface area (Å²) in [5.74, 6) is 0. The molecule has 0 fully saturated rings. The van der Waals surface area contributed by atoms with E-state index in [-0.39, 0.29) is 0 Å². The lowest BCUT2D eigenvalue weighted by atomic mass is 10.0. The minimum Gasteiger partial charge on any atom is -0.290 e. The monoisotopic (exact) mass is 612 g/mol. The number of rotatable bonds is 2. The van der Waals surface area contributed by atoms with Crippen LogP contribution in [0.25, 0.3) is 110 Å². The molecule has 0 unspecified atom stereocenters. The highest BCUT2D eigenvalue weighted by Crippen LogP contribution is 2.49.